The van der Waals surface area contributed by atoms with Gasteiger partial charge in [-0.25, -0.2) is 4.57 Å². The van der Waals surface area contributed by atoms with Crippen molar-refractivity contribution in [3.8, 4) is 0 Å². The van der Waals surface area contributed by atoms with Crippen LogP contribution in [0.5, 0.6) is 0 Å². The molecule has 0 radical (unpaired) electrons. The second kappa shape index (κ2) is 7.92. The van der Waals surface area contributed by atoms with Crippen molar-refractivity contribution in [2.75, 3.05) is 0 Å². The summed E-state index contributed by atoms with van der Waals surface area (Å²) in [5, 5.41) is 1.28. The molecule has 0 atom stereocenters. The fourth-order valence-corrected chi connectivity index (χ4v) is 2.57. The molecule has 23 heavy (non-hydrogen) atoms. The Morgan fingerprint density at radius 1 is 1.22 bits per heavy atom. The Morgan fingerprint density at radius 2 is 2.04 bits per heavy atom. The highest BCUT2D eigenvalue weighted by molar-refractivity contribution is 5.82. The van der Waals surface area contributed by atoms with Crippen molar-refractivity contribution in [3.05, 3.63) is 66.1 Å². The molecular formula is C18H19BrN2O2. The Balaban J connectivity index is 0.00000192. The van der Waals surface area contributed by atoms with Crippen LogP contribution in [0.4, 0.5) is 0 Å². The van der Waals surface area contributed by atoms with Crippen molar-refractivity contribution < 1.29 is 31.1 Å². The van der Waals surface area contributed by atoms with Gasteiger partial charge in [0, 0.05) is 36.5 Å². The normalized spacial score (nSPS) is 10.3. The zero-order chi connectivity index (χ0) is 15.4. The number of benzene rings is 1. The van der Waals surface area contributed by atoms with Gasteiger partial charge in [0.2, 0.25) is 0 Å². The first kappa shape index (κ1) is 17.2. The number of nitrogens with one attached hydrogen (secondary N) is 1. The van der Waals surface area contributed by atoms with Gasteiger partial charge in [0.25, 0.3) is 0 Å². The fraction of sp³-hybridized carbons (Fsp3) is 0.222. The van der Waals surface area contributed by atoms with E-state index in [1.54, 1.807) is 0 Å². The molecule has 0 unspecified atom stereocenters. The number of ether oxygens (including phenoxy) is 1. The number of para-hydroxylation sites is 1. The van der Waals surface area contributed by atoms with E-state index in [1.165, 1.54) is 23.4 Å². The Morgan fingerprint density at radius 3 is 2.87 bits per heavy atom. The number of nitrogens with zero attached hydrogens (tertiary/aromatic N) is 1. The monoisotopic (exact) mass is 374 g/mol. The molecule has 0 fully saturated rings. The number of fused-ring (bicyclic) bond motifs is 1. The maximum Gasteiger partial charge on any atom is 0.302 e. The quantitative estimate of drug-likeness (QED) is 0.495. The van der Waals surface area contributed by atoms with Crippen LogP contribution in [0.3, 0.4) is 0 Å². The molecule has 4 nitrogen and oxygen atoms in total. The number of carbonyl (C=O) groups excluding carboxylic acids is 1. The summed E-state index contributed by atoms with van der Waals surface area (Å²) in [6.07, 6.45) is 7.09. The van der Waals surface area contributed by atoms with Crippen molar-refractivity contribution >= 4 is 16.9 Å². The molecule has 120 valence electrons. The smallest absolute Gasteiger partial charge is 0.302 e. The number of aromatic nitrogens is 2. The lowest BCUT2D eigenvalue weighted by molar-refractivity contribution is -0.696. The van der Waals surface area contributed by atoms with Crippen LogP contribution in [-0.2, 0) is 29.1 Å². The summed E-state index contributed by atoms with van der Waals surface area (Å²) < 4.78 is 7.16. The third kappa shape index (κ3) is 4.42. The van der Waals surface area contributed by atoms with Crippen molar-refractivity contribution in [2.45, 2.75) is 26.5 Å². The Labute approximate surface area is 145 Å². The molecule has 3 aromatic rings. The molecule has 0 aliphatic carbocycles. The second-order valence-electron chi connectivity index (χ2n) is 5.34. The molecule has 0 amide bonds. The van der Waals surface area contributed by atoms with Gasteiger partial charge >= 0.3 is 5.97 Å². The van der Waals surface area contributed by atoms with E-state index in [2.05, 4.69) is 33.9 Å². The average Bonchev–Trinajstić information content (AvgIpc) is 2.95. The minimum absolute atomic E-state index is 0. The van der Waals surface area contributed by atoms with Crippen LogP contribution in [0.1, 0.15) is 18.1 Å². The molecule has 2 aromatic heterocycles. The van der Waals surface area contributed by atoms with Gasteiger partial charge in [-0.2, -0.15) is 0 Å². The topological polar surface area (TPSA) is 46.0 Å². The number of hydrogen-bond acceptors (Lipinski definition) is 2. The van der Waals surface area contributed by atoms with Gasteiger partial charge in [0.15, 0.2) is 18.9 Å². The molecule has 0 bridgehead atoms. The molecule has 1 N–H and O–H groups in total. The predicted octanol–water partition coefficient (Wildman–Crippen LogP) is -0.235. The largest absolute Gasteiger partial charge is 1.00 e. The van der Waals surface area contributed by atoms with Crippen LogP contribution in [-0.4, -0.2) is 11.0 Å². The van der Waals surface area contributed by atoms with E-state index >= 15 is 0 Å². The first-order chi connectivity index (χ1) is 10.7. The van der Waals surface area contributed by atoms with Gasteiger partial charge in [-0.15, -0.1) is 0 Å². The van der Waals surface area contributed by atoms with Crippen LogP contribution in [0.2, 0.25) is 0 Å². The number of hydrogen-bond donors (Lipinski definition) is 1. The van der Waals surface area contributed by atoms with Crippen molar-refractivity contribution in [2.24, 2.45) is 0 Å². The highest BCUT2D eigenvalue weighted by Crippen LogP contribution is 2.17. The molecule has 0 saturated carbocycles. The standard InChI is InChI=1S/C18H19N2O2.BrH/c1-14(21)22-13-15-5-4-9-20(12-15)10-8-16-11-19-18-7-3-2-6-17(16)18;/h2-7,9,11-12,19H,8,10,13H2,1H3;1H/q+1;/p-1. The van der Waals surface area contributed by atoms with Gasteiger partial charge < -0.3 is 26.7 Å². The summed E-state index contributed by atoms with van der Waals surface area (Å²) in [7, 11) is 0. The zero-order valence-electron chi connectivity index (χ0n) is 13.0. The van der Waals surface area contributed by atoms with E-state index in [9.17, 15) is 4.79 Å². The summed E-state index contributed by atoms with van der Waals surface area (Å²) in [5.74, 6) is -0.255. The lowest BCUT2D eigenvalue weighted by Crippen LogP contribution is -3.00. The van der Waals surface area contributed by atoms with Crippen molar-refractivity contribution in [1.82, 2.24) is 4.98 Å². The van der Waals surface area contributed by atoms with Crippen molar-refractivity contribution in [1.29, 1.82) is 0 Å². The minimum atomic E-state index is -0.255. The van der Waals surface area contributed by atoms with Crippen molar-refractivity contribution in [3.63, 3.8) is 0 Å². The first-order valence-corrected chi connectivity index (χ1v) is 7.39. The van der Waals surface area contributed by atoms with Gasteiger partial charge in [-0.3, -0.25) is 4.79 Å². The van der Waals surface area contributed by atoms with Gasteiger partial charge in [0.05, 0.1) is 5.56 Å². The Bertz CT molecular complexity index is 798. The number of rotatable bonds is 5. The lowest BCUT2D eigenvalue weighted by Gasteiger charge is -2.02. The Kier molecular flexibility index (Phi) is 5.93. The number of H-pyrrole nitrogens is 1. The maximum absolute atomic E-state index is 10.9. The Hall–Kier alpha value is -2.14. The second-order valence-corrected chi connectivity index (χ2v) is 5.34. The van der Waals surface area contributed by atoms with Crippen LogP contribution in [0, 0.1) is 0 Å². The zero-order valence-corrected chi connectivity index (χ0v) is 14.5. The number of pyridine rings is 1. The summed E-state index contributed by atoms with van der Waals surface area (Å²) in [6, 6.07) is 12.3. The number of aromatic amines is 1. The minimum Gasteiger partial charge on any atom is -1.00 e. The summed E-state index contributed by atoms with van der Waals surface area (Å²) in [6.45, 7) is 2.63. The summed E-state index contributed by atoms with van der Waals surface area (Å²) in [4.78, 5) is 14.2. The SMILES string of the molecule is CC(=O)OCc1ccc[n+](CCc2c[nH]c3ccccc23)c1.[Br-]. The number of aryl methyl sites for hydroxylation is 2. The molecule has 0 spiro atoms. The molecule has 0 aliphatic rings. The fourth-order valence-electron chi connectivity index (χ4n) is 2.57. The van der Waals surface area contributed by atoms with Crippen LogP contribution >= 0.6 is 0 Å². The van der Waals surface area contributed by atoms with E-state index < -0.39 is 0 Å². The lowest BCUT2D eigenvalue weighted by atomic mass is 10.1. The summed E-state index contributed by atoms with van der Waals surface area (Å²) >= 11 is 0. The average molecular weight is 375 g/mol. The highest BCUT2D eigenvalue weighted by Gasteiger charge is 2.08. The van der Waals surface area contributed by atoms with Crippen LogP contribution in [0.15, 0.2) is 55.0 Å². The van der Waals surface area contributed by atoms with E-state index in [0.717, 1.165) is 18.5 Å². The summed E-state index contributed by atoms with van der Waals surface area (Å²) in [5.41, 5.74) is 3.48. The van der Waals surface area contributed by atoms with Gasteiger partial charge in [-0.1, -0.05) is 18.2 Å². The molecular weight excluding hydrogens is 356 g/mol. The maximum atomic E-state index is 10.9. The first-order valence-electron chi connectivity index (χ1n) is 7.39. The molecule has 3 rings (SSSR count). The van der Waals surface area contributed by atoms with Crippen LogP contribution in [0.25, 0.3) is 10.9 Å². The third-order valence-corrected chi connectivity index (χ3v) is 3.68. The van der Waals surface area contributed by atoms with Crippen LogP contribution < -0.4 is 21.5 Å². The number of carbonyl (C=O) groups is 1. The predicted molar refractivity (Wildman–Crippen MR) is 84.1 cm³/mol. The molecule has 0 aliphatic heterocycles. The van der Waals surface area contributed by atoms with E-state index in [1.807, 2.05) is 30.6 Å². The van der Waals surface area contributed by atoms with E-state index in [-0.39, 0.29) is 23.0 Å². The number of esters is 1. The number of halogens is 1. The molecule has 2 heterocycles. The molecule has 0 saturated heterocycles. The van der Waals surface area contributed by atoms with Gasteiger partial charge in [0.1, 0.15) is 6.61 Å². The van der Waals surface area contributed by atoms with E-state index in [0.29, 0.717) is 6.61 Å². The highest BCUT2D eigenvalue weighted by atomic mass is 79.9. The van der Waals surface area contributed by atoms with E-state index in [4.69, 9.17) is 4.74 Å². The third-order valence-electron chi connectivity index (χ3n) is 3.68. The molecule has 5 heteroatoms. The van der Waals surface area contributed by atoms with Gasteiger partial charge in [-0.05, 0) is 17.7 Å². The molecule has 1 aromatic carbocycles.